The Hall–Kier alpha value is -3.01. The summed E-state index contributed by atoms with van der Waals surface area (Å²) in [7, 11) is 0. The molecule has 21 heavy (non-hydrogen) atoms. The van der Waals surface area contributed by atoms with Crippen molar-refractivity contribution < 1.29 is 4.74 Å². The summed E-state index contributed by atoms with van der Waals surface area (Å²) in [5.74, 6) is 2.20. The second kappa shape index (κ2) is 4.52. The van der Waals surface area contributed by atoms with Crippen molar-refractivity contribution in [2.45, 2.75) is 0 Å². The van der Waals surface area contributed by atoms with E-state index in [2.05, 4.69) is 4.98 Å². The van der Waals surface area contributed by atoms with Gasteiger partial charge in [0.05, 0.1) is 5.69 Å². The zero-order chi connectivity index (χ0) is 14.2. The summed E-state index contributed by atoms with van der Waals surface area (Å²) in [6.07, 6.45) is 1.75. The van der Waals surface area contributed by atoms with Gasteiger partial charge in [-0.25, -0.2) is 4.98 Å². The molecule has 0 saturated heterocycles. The molecule has 4 nitrogen and oxygen atoms in total. The van der Waals surface area contributed by atoms with Crippen LogP contribution >= 0.6 is 0 Å². The predicted molar refractivity (Wildman–Crippen MR) is 83.4 cm³/mol. The van der Waals surface area contributed by atoms with E-state index in [1.165, 1.54) is 0 Å². The van der Waals surface area contributed by atoms with Crippen LogP contribution in [0, 0.1) is 0 Å². The van der Waals surface area contributed by atoms with Crippen molar-refractivity contribution in [1.29, 1.82) is 0 Å². The molecule has 1 aliphatic rings. The monoisotopic (exact) mass is 275 g/mol. The van der Waals surface area contributed by atoms with Crippen molar-refractivity contribution >= 4 is 22.9 Å². The first-order chi connectivity index (χ1) is 10.3. The molecule has 0 amide bonds. The van der Waals surface area contributed by atoms with Crippen LogP contribution in [0.2, 0.25) is 0 Å². The summed E-state index contributed by atoms with van der Waals surface area (Å²) in [4.78, 5) is 6.49. The molecule has 0 spiro atoms. The molecule has 0 bridgehead atoms. The van der Waals surface area contributed by atoms with Crippen molar-refractivity contribution in [2.75, 3.05) is 10.6 Å². The SMILES string of the molecule is Nc1cccc2c1N(c1ccccc1)c1ncccc1O2. The third-order valence-corrected chi connectivity index (χ3v) is 3.45. The van der Waals surface area contributed by atoms with Gasteiger partial charge in [0.1, 0.15) is 5.69 Å². The number of fused-ring (bicyclic) bond motifs is 2. The molecule has 2 heterocycles. The van der Waals surface area contributed by atoms with Gasteiger partial charge in [0.25, 0.3) is 0 Å². The van der Waals surface area contributed by atoms with Crippen molar-refractivity contribution in [2.24, 2.45) is 0 Å². The van der Waals surface area contributed by atoms with Crippen LogP contribution in [0.25, 0.3) is 0 Å². The Bertz CT molecular complexity index is 802. The van der Waals surface area contributed by atoms with Gasteiger partial charge < -0.3 is 10.5 Å². The third-order valence-electron chi connectivity index (χ3n) is 3.45. The maximum Gasteiger partial charge on any atom is 0.181 e. The van der Waals surface area contributed by atoms with Crippen molar-refractivity contribution in [3.05, 3.63) is 66.9 Å². The fraction of sp³-hybridized carbons (Fsp3) is 0. The number of anilines is 4. The molecule has 2 aromatic carbocycles. The lowest BCUT2D eigenvalue weighted by molar-refractivity contribution is 0.474. The van der Waals surface area contributed by atoms with E-state index in [-0.39, 0.29) is 0 Å². The number of nitrogen functional groups attached to an aromatic ring is 1. The number of hydrogen-bond acceptors (Lipinski definition) is 4. The van der Waals surface area contributed by atoms with E-state index in [0.29, 0.717) is 5.69 Å². The third kappa shape index (κ3) is 1.80. The number of pyridine rings is 1. The predicted octanol–water partition coefficient (Wildman–Crippen LogP) is 4.24. The van der Waals surface area contributed by atoms with Gasteiger partial charge >= 0.3 is 0 Å². The highest BCUT2D eigenvalue weighted by Gasteiger charge is 2.28. The van der Waals surface area contributed by atoms with Gasteiger partial charge in [-0.05, 0) is 36.4 Å². The maximum atomic E-state index is 6.18. The summed E-state index contributed by atoms with van der Waals surface area (Å²) in [6.45, 7) is 0. The molecule has 102 valence electrons. The van der Waals surface area contributed by atoms with E-state index in [1.54, 1.807) is 6.20 Å². The number of para-hydroxylation sites is 2. The van der Waals surface area contributed by atoms with Crippen LogP contribution in [0.15, 0.2) is 66.9 Å². The molecule has 0 saturated carbocycles. The molecule has 4 rings (SSSR count). The number of hydrogen-bond donors (Lipinski definition) is 1. The van der Waals surface area contributed by atoms with E-state index in [0.717, 1.165) is 28.7 Å². The van der Waals surface area contributed by atoms with Gasteiger partial charge in [0, 0.05) is 11.9 Å². The van der Waals surface area contributed by atoms with Crippen LogP contribution in [0.4, 0.5) is 22.9 Å². The average Bonchev–Trinajstić information content (AvgIpc) is 2.54. The second-order valence-corrected chi connectivity index (χ2v) is 4.79. The Balaban J connectivity index is 2.01. The van der Waals surface area contributed by atoms with Gasteiger partial charge in [-0.1, -0.05) is 24.3 Å². The summed E-state index contributed by atoms with van der Waals surface area (Å²) in [5, 5.41) is 0. The van der Waals surface area contributed by atoms with Crippen LogP contribution < -0.4 is 15.4 Å². The van der Waals surface area contributed by atoms with Gasteiger partial charge in [-0.2, -0.15) is 0 Å². The molecule has 1 aliphatic heterocycles. The number of benzene rings is 2. The Morgan fingerprint density at radius 3 is 2.52 bits per heavy atom. The van der Waals surface area contributed by atoms with Crippen molar-refractivity contribution in [3.8, 4) is 11.5 Å². The van der Waals surface area contributed by atoms with E-state index in [1.807, 2.05) is 65.6 Å². The minimum absolute atomic E-state index is 0.660. The molecule has 4 heteroatoms. The lowest BCUT2D eigenvalue weighted by atomic mass is 10.1. The average molecular weight is 275 g/mol. The van der Waals surface area contributed by atoms with Gasteiger partial charge in [0.15, 0.2) is 17.3 Å². The number of nitrogens with zero attached hydrogens (tertiary/aromatic N) is 2. The smallest absolute Gasteiger partial charge is 0.181 e. The van der Waals surface area contributed by atoms with E-state index in [9.17, 15) is 0 Å². The van der Waals surface area contributed by atoms with Crippen LogP contribution in [0.3, 0.4) is 0 Å². The molecule has 0 fully saturated rings. The molecular formula is C17H13N3O. The molecular weight excluding hydrogens is 262 g/mol. The highest BCUT2D eigenvalue weighted by atomic mass is 16.5. The quantitative estimate of drug-likeness (QED) is 0.528. The van der Waals surface area contributed by atoms with Gasteiger partial charge in [-0.3, -0.25) is 4.90 Å². The molecule has 0 unspecified atom stereocenters. The Kier molecular flexibility index (Phi) is 2.54. The number of rotatable bonds is 1. The molecule has 2 N–H and O–H groups in total. The van der Waals surface area contributed by atoms with Crippen LogP contribution in [-0.4, -0.2) is 4.98 Å². The topological polar surface area (TPSA) is 51.4 Å². The number of aromatic nitrogens is 1. The summed E-state index contributed by atoms with van der Waals surface area (Å²) in [6, 6.07) is 19.5. The molecule has 0 atom stereocenters. The van der Waals surface area contributed by atoms with Crippen molar-refractivity contribution in [1.82, 2.24) is 4.98 Å². The van der Waals surface area contributed by atoms with Gasteiger partial charge in [-0.15, -0.1) is 0 Å². The Morgan fingerprint density at radius 1 is 0.857 bits per heavy atom. The zero-order valence-electron chi connectivity index (χ0n) is 11.2. The van der Waals surface area contributed by atoms with Crippen LogP contribution in [-0.2, 0) is 0 Å². The first kappa shape index (κ1) is 11.8. The molecule has 0 aliphatic carbocycles. The fourth-order valence-corrected chi connectivity index (χ4v) is 2.54. The van der Waals surface area contributed by atoms with E-state index in [4.69, 9.17) is 10.5 Å². The van der Waals surface area contributed by atoms with Crippen molar-refractivity contribution in [3.63, 3.8) is 0 Å². The first-order valence-corrected chi connectivity index (χ1v) is 6.71. The lowest BCUT2D eigenvalue weighted by Crippen LogP contribution is -2.18. The normalized spacial score (nSPS) is 12.3. The maximum absolute atomic E-state index is 6.18. The Morgan fingerprint density at radius 2 is 1.67 bits per heavy atom. The highest BCUT2D eigenvalue weighted by Crippen LogP contribution is 2.51. The first-order valence-electron chi connectivity index (χ1n) is 6.71. The Labute approximate surface area is 122 Å². The number of nitrogens with two attached hydrogens (primary N) is 1. The highest BCUT2D eigenvalue weighted by molar-refractivity contribution is 5.90. The number of ether oxygens (including phenoxy) is 1. The lowest BCUT2D eigenvalue weighted by Gasteiger charge is -2.32. The molecule has 3 aromatic rings. The summed E-state index contributed by atoms with van der Waals surface area (Å²) < 4.78 is 5.93. The van der Waals surface area contributed by atoms with Crippen LogP contribution in [0.1, 0.15) is 0 Å². The van der Waals surface area contributed by atoms with E-state index < -0.39 is 0 Å². The standard InChI is InChI=1S/C17H13N3O/c18-13-8-4-9-14-16(13)20(12-6-2-1-3-7-12)17-15(21-14)10-5-11-19-17/h1-11H,18H2. The van der Waals surface area contributed by atoms with Crippen LogP contribution in [0.5, 0.6) is 11.5 Å². The summed E-state index contributed by atoms with van der Waals surface area (Å²) in [5.41, 5.74) is 8.67. The largest absolute Gasteiger partial charge is 0.451 e. The minimum Gasteiger partial charge on any atom is -0.451 e. The van der Waals surface area contributed by atoms with Gasteiger partial charge in [0.2, 0.25) is 0 Å². The fourth-order valence-electron chi connectivity index (χ4n) is 2.54. The molecule has 1 aromatic heterocycles. The second-order valence-electron chi connectivity index (χ2n) is 4.79. The zero-order valence-corrected chi connectivity index (χ0v) is 11.2. The molecule has 0 radical (unpaired) electrons. The summed E-state index contributed by atoms with van der Waals surface area (Å²) >= 11 is 0. The minimum atomic E-state index is 0.660. The van der Waals surface area contributed by atoms with E-state index >= 15 is 0 Å².